The molecule has 0 aromatic heterocycles. The first-order valence-corrected chi connectivity index (χ1v) is 12.4. The number of amides is 1. The fourth-order valence-electron chi connectivity index (χ4n) is 3.75. The SMILES string of the molecule is O=C(c1ccc(OCCSc2ccccc2)cc1)N1CCN(C/C=C/c2ccccc2)CC1. The molecule has 3 aromatic rings. The van der Waals surface area contributed by atoms with Crippen LogP contribution in [0.3, 0.4) is 0 Å². The molecule has 4 rings (SSSR count). The number of rotatable bonds is 9. The van der Waals surface area contributed by atoms with Gasteiger partial charge in [-0.3, -0.25) is 9.69 Å². The maximum atomic E-state index is 12.9. The highest BCUT2D eigenvalue weighted by Gasteiger charge is 2.21. The largest absolute Gasteiger partial charge is 0.493 e. The minimum Gasteiger partial charge on any atom is -0.493 e. The van der Waals surface area contributed by atoms with E-state index in [2.05, 4.69) is 41.3 Å². The van der Waals surface area contributed by atoms with E-state index >= 15 is 0 Å². The zero-order valence-electron chi connectivity index (χ0n) is 18.8. The molecular formula is C28H30N2O2S. The fraction of sp³-hybridized carbons (Fsp3) is 0.250. The van der Waals surface area contributed by atoms with E-state index in [-0.39, 0.29) is 5.91 Å². The molecule has 0 bridgehead atoms. The van der Waals surface area contributed by atoms with Crippen molar-refractivity contribution in [2.24, 2.45) is 0 Å². The number of hydrogen-bond acceptors (Lipinski definition) is 4. The molecule has 1 amide bonds. The van der Waals surface area contributed by atoms with E-state index in [1.165, 1.54) is 10.5 Å². The quantitative estimate of drug-likeness (QED) is 0.321. The topological polar surface area (TPSA) is 32.8 Å². The van der Waals surface area contributed by atoms with Gasteiger partial charge in [0.15, 0.2) is 0 Å². The monoisotopic (exact) mass is 458 g/mol. The lowest BCUT2D eigenvalue weighted by molar-refractivity contribution is 0.0650. The van der Waals surface area contributed by atoms with Gasteiger partial charge in [-0.2, -0.15) is 0 Å². The Morgan fingerprint density at radius 1 is 0.848 bits per heavy atom. The molecule has 0 unspecified atom stereocenters. The highest BCUT2D eigenvalue weighted by atomic mass is 32.2. The maximum Gasteiger partial charge on any atom is 0.253 e. The zero-order valence-corrected chi connectivity index (χ0v) is 19.6. The standard InChI is InChI=1S/C28H30N2O2S/c31-28(30-20-18-29(19-21-30)17-7-10-24-8-3-1-4-9-24)25-13-15-26(16-14-25)32-22-23-33-27-11-5-2-6-12-27/h1-16H,17-23H2/b10-7+. The number of thioether (sulfide) groups is 1. The lowest BCUT2D eigenvalue weighted by Crippen LogP contribution is -2.48. The van der Waals surface area contributed by atoms with Crippen molar-refractivity contribution in [1.82, 2.24) is 9.80 Å². The smallest absolute Gasteiger partial charge is 0.253 e. The summed E-state index contributed by atoms with van der Waals surface area (Å²) in [5, 5.41) is 0. The van der Waals surface area contributed by atoms with Crippen molar-refractivity contribution < 1.29 is 9.53 Å². The van der Waals surface area contributed by atoms with E-state index in [9.17, 15) is 4.79 Å². The summed E-state index contributed by atoms with van der Waals surface area (Å²) in [6.45, 7) is 4.84. The van der Waals surface area contributed by atoms with Crippen molar-refractivity contribution in [2.75, 3.05) is 45.1 Å². The predicted molar refractivity (Wildman–Crippen MR) is 137 cm³/mol. The van der Waals surface area contributed by atoms with Crippen LogP contribution in [-0.4, -0.2) is 60.8 Å². The average Bonchev–Trinajstić information content (AvgIpc) is 2.88. The Morgan fingerprint density at radius 3 is 2.21 bits per heavy atom. The third kappa shape index (κ3) is 7.24. The summed E-state index contributed by atoms with van der Waals surface area (Å²) in [6, 6.07) is 28.2. The Bertz CT molecular complexity index is 1010. The van der Waals surface area contributed by atoms with Crippen molar-refractivity contribution in [2.45, 2.75) is 4.90 Å². The molecule has 1 fully saturated rings. The van der Waals surface area contributed by atoms with E-state index in [4.69, 9.17) is 4.74 Å². The lowest BCUT2D eigenvalue weighted by atomic mass is 10.1. The first-order valence-electron chi connectivity index (χ1n) is 11.4. The number of benzene rings is 3. The molecule has 0 saturated carbocycles. The van der Waals surface area contributed by atoms with Crippen LogP contribution in [0.4, 0.5) is 0 Å². The Kier molecular flexibility index (Phi) is 8.62. The molecule has 1 aliphatic rings. The number of piperazine rings is 1. The molecule has 5 heteroatoms. The third-order valence-corrected chi connectivity index (χ3v) is 6.57. The van der Waals surface area contributed by atoms with Gasteiger partial charge < -0.3 is 9.64 Å². The first kappa shape index (κ1) is 23.1. The molecule has 1 heterocycles. The van der Waals surface area contributed by atoms with Crippen molar-refractivity contribution in [3.63, 3.8) is 0 Å². The molecule has 33 heavy (non-hydrogen) atoms. The Morgan fingerprint density at radius 2 is 1.52 bits per heavy atom. The van der Waals surface area contributed by atoms with Gasteiger partial charge in [-0.15, -0.1) is 11.8 Å². The summed E-state index contributed by atoms with van der Waals surface area (Å²) >= 11 is 1.78. The van der Waals surface area contributed by atoms with Crippen LogP contribution >= 0.6 is 11.8 Å². The van der Waals surface area contributed by atoms with E-state index in [1.54, 1.807) is 11.8 Å². The predicted octanol–water partition coefficient (Wildman–Crippen LogP) is 5.33. The highest BCUT2D eigenvalue weighted by molar-refractivity contribution is 7.99. The van der Waals surface area contributed by atoms with Gasteiger partial charge in [0.05, 0.1) is 6.61 Å². The van der Waals surface area contributed by atoms with Crippen LogP contribution in [0, 0.1) is 0 Å². The van der Waals surface area contributed by atoms with Gasteiger partial charge in [0.25, 0.3) is 5.91 Å². The van der Waals surface area contributed by atoms with Crippen molar-refractivity contribution >= 4 is 23.7 Å². The first-order chi connectivity index (χ1) is 16.3. The second-order valence-corrected chi connectivity index (χ2v) is 9.11. The molecule has 0 radical (unpaired) electrons. The molecular weight excluding hydrogens is 428 g/mol. The number of hydrogen-bond donors (Lipinski definition) is 0. The summed E-state index contributed by atoms with van der Waals surface area (Å²) < 4.78 is 5.83. The number of carbonyl (C=O) groups excluding carboxylic acids is 1. The second kappa shape index (κ2) is 12.3. The zero-order chi connectivity index (χ0) is 22.7. The average molecular weight is 459 g/mol. The molecule has 1 aliphatic heterocycles. The van der Waals surface area contributed by atoms with Gasteiger partial charge in [0.2, 0.25) is 0 Å². The van der Waals surface area contributed by atoms with Gasteiger partial charge in [-0.1, -0.05) is 60.7 Å². The van der Waals surface area contributed by atoms with Gasteiger partial charge >= 0.3 is 0 Å². The van der Waals surface area contributed by atoms with E-state index in [1.807, 2.05) is 65.6 Å². The second-order valence-electron chi connectivity index (χ2n) is 7.94. The molecule has 0 N–H and O–H groups in total. The third-order valence-electron chi connectivity index (χ3n) is 5.60. The Balaban J connectivity index is 1.17. The van der Waals surface area contributed by atoms with Crippen molar-refractivity contribution in [3.8, 4) is 5.75 Å². The van der Waals surface area contributed by atoms with Gasteiger partial charge in [-0.05, 0) is 42.0 Å². The van der Waals surface area contributed by atoms with Crippen LogP contribution in [0.2, 0.25) is 0 Å². The van der Waals surface area contributed by atoms with Gasteiger partial charge in [-0.25, -0.2) is 0 Å². The lowest BCUT2D eigenvalue weighted by Gasteiger charge is -2.34. The van der Waals surface area contributed by atoms with Crippen LogP contribution in [0.1, 0.15) is 15.9 Å². The Hall–Kier alpha value is -3.02. The van der Waals surface area contributed by atoms with E-state index < -0.39 is 0 Å². The number of ether oxygens (including phenoxy) is 1. The molecule has 0 aliphatic carbocycles. The normalized spacial score (nSPS) is 14.5. The van der Waals surface area contributed by atoms with Crippen LogP contribution in [0.15, 0.2) is 95.9 Å². The fourth-order valence-corrected chi connectivity index (χ4v) is 4.50. The van der Waals surface area contributed by atoms with E-state index in [0.29, 0.717) is 6.61 Å². The molecule has 1 saturated heterocycles. The van der Waals surface area contributed by atoms with Crippen LogP contribution in [-0.2, 0) is 0 Å². The summed E-state index contributed by atoms with van der Waals surface area (Å²) in [4.78, 5) is 18.5. The number of carbonyl (C=O) groups is 1. The maximum absolute atomic E-state index is 12.9. The van der Waals surface area contributed by atoms with Gasteiger partial charge in [0.1, 0.15) is 5.75 Å². The van der Waals surface area contributed by atoms with Crippen LogP contribution in [0.5, 0.6) is 5.75 Å². The van der Waals surface area contributed by atoms with Crippen molar-refractivity contribution in [1.29, 1.82) is 0 Å². The minimum atomic E-state index is 0.0978. The summed E-state index contributed by atoms with van der Waals surface area (Å²) in [6.07, 6.45) is 4.35. The molecule has 0 spiro atoms. The highest BCUT2D eigenvalue weighted by Crippen LogP contribution is 2.18. The minimum absolute atomic E-state index is 0.0978. The van der Waals surface area contributed by atoms with Crippen LogP contribution in [0.25, 0.3) is 6.08 Å². The molecule has 0 atom stereocenters. The summed E-state index contributed by atoms with van der Waals surface area (Å²) in [5.74, 6) is 1.78. The summed E-state index contributed by atoms with van der Waals surface area (Å²) in [7, 11) is 0. The molecule has 3 aromatic carbocycles. The molecule has 170 valence electrons. The van der Waals surface area contributed by atoms with E-state index in [0.717, 1.165) is 49.8 Å². The van der Waals surface area contributed by atoms with Crippen molar-refractivity contribution in [3.05, 3.63) is 102 Å². The van der Waals surface area contributed by atoms with Crippen LogP contribution < -0.4 is 4.74 Å². The Labute approximate surface area is 200 Å². The summed E-state index contributed by atoms with van der Waals surface area (Å²) in [5.41, 5.74) is 1.94. The molecule has 4 nitrogen and oxygen atoms in total. The van der Waals surface area contributed by atoms with Gasteiger partial charge in [0, 0.05) is 48.9 Å². The number of nitrogens with zero attached hydrogens (tertiary/aromatic N) is 2.